The van der Waals surface area contributed by atoms with Gasteiger partial charge in [-0.2, -0.15) is 0 Å². The Labute approximate surface area is 128 Å². The number of nitrogens with zero attached hydrogens (tertiary/aromatic N) is 2. The summed E-state index contributed by atoms with van der Waals surface area (Å²) in [5.41, 5.74) is 0.509. The second kappa shape index (κ2) is 7.59. The van der Waals surface area contributed by atoms with Crippen LogP contribution in [0.15, 0.2) is 12.5 Å². The van der Waals surface area contributed by atoms with Crippen LogP contribution in [0.3, 0.4) is 0 Å². The van der Waals surface area contributed by atoms with Gasteiger partial charge in [-0.25, -0.2) is 9.78 Å². The summed E-state index contributed by atoms with van der Waals surface area (Å²) in [4.78, 5) is 15.7. The average molecular weight is 315 g/mol. The van der Waals surface area contributed by atoms with Crippen LogP contribution in [0.5, 0.6) is 0 Å². The highest BCUT2D eigenvalue weighted by molar-refractivity contribution is 7.84. The van der Waals surface area contributed by atoms with Crippen LogP contribution in [0.25, 0.3) is 0 Å². The predicted molar refractivity (Wildman–Crippen MR) is 83.8 cm³/mol. The fraction of sp³-hybridized carbons (Fsp3) is 0.714. The molecule has 1 heterocycles. The van der Waals surface area contributed by atoms with E-state index in [1.54, 1.807) is 18.8 Å². The summed E-state index contributed by atoms with van der Waals surface area (Å²) in [6, 6.07) is 0.120. The second-order valence-corrected chi connectivity index (χ2v) is 7.54. The van der Waals surface area contributed by atoms with Crippen LogP contribution in [0, 0.1) is 0 Å². The molecule has 1 N–H and O–H groups in total. The fourth-order valence-corrected chi connectivity index (χ4v) is 2.79. The van der Waals surface area contributed by atoms with Gasteiger partial charge in [0.25, 0.3) is 0 Å². The van der Waals surface area contributed by atoms with E-state index in [1.807, 2.05) is 32.3 Å². The van der Waals surface area contributed by atoms with Crippen molar-refractivity contribution < 1.29 is 13.7 Å². The zero-order chi connectivity index (χ0) is 16.0. The number of nitrogens with one attached hydrogen (secondary N) is 1. The van der Waals surface area contributed by atoms with Crippen molar-refractivity contribution in [2.45, 2.75) is 45.8 Å². The largest absolute Gasteiger partial charge is 0.444 e. The lowest BCUT2D eigenvalue weighted by Crippen LogP contribution is -2.33. The molecule has 0 fully saturated rings. The van der Waals surface area contributed by atoms with E-state index in [4.69, 9.17) is 4.74 Å². The Morgan fingerprint density at radius 2 is 2.19 bits per heavy atom. The van der Waals surface area contributed by atoms with Crippen LogP contribution < -0.4 is 5.32 Å². The number of alkyl carbamates (subject to hydrolysis) is 1. The average Bonchev–Trinajstić information content (AvgIpc) is 2.73. The molecule has 0 aromatic carbocycles. The van der Waals surface area contributed by atoms with Gasteiger partial charge >= 0.3 is 6.09 Å². The number of aromatic nitrogens is 2. The second-order valence-electron chi connectivity index (χ2n) is 6.06. The topological polar surface area (TPSA) is 73.2 Å². The Morgan fingerprint density at radius 1 is 1.52 bits per heavy atom. The lowest BCUT2D eigenvalue weighted by atomic mass is 10.2. The molecular formula is C14H25N3O3S. The van der Waals surface area contributed by atoms with Gasteiger partial charge in [0.2, 0.25) is 0 Å². The molecule has 120 valence electrons. The van der Waals surface area contributed by atoms with Crippen molar-refractivity contribution in [2.24, 2.45) is 0 Å². The third-order valence-corrected chi connectivity index (χ3v) is 3.70. The quantitative estimate of drug-likeness (QED) is 0.870. The molecule has 0 saturated heterocycles. The first-order chi connectivity index (χ1) is 9.69. The normalized spacial score (nSPS) is 14.5. The third-order valence-electron chi connectivity index (χ3n) is 2.75. The van der Waals surface area contributed by atoms with Gasteiger partial charge < -0.3 is 14.6 Å². The predicted octanol–water partition coefficient (Wildman–Crippen LogP) is 1.89. The minimum Gasteiger partial charge on any atom is -0.444 e. The summed E-state index contributed by atoms with van der Waals surface area (Å²) in [6.07, 6.45) is 5.43. The van der Waals surface area contributed by atoms with E-state index in [-0.39, 0.29) is 6.04 Å². The zero-order valence-electron chi connectivity index (χ0n) is 13.4. The maximum atomic E-state index is 11.6. The zero-order valence-corrected chi connectivity index (χ0v) is 14.2. The molecule has 7 heteroatoms. The molecule has 0 aliphatic carbocycles. The molecule has 1 rings (SSSR count). The van der Waals surface area contributed by atoms with Gasteiger partial charge in [-0.05, 0) is 27.7 Å². The van der Waals surface area contributed by atoms with E-state index in [9.17, 15) is 9.00 Å². The maximum absolute atomic E-state index is 11.6. The molecule has 6 nitrogen and oxygen atoms in total. The van der Waals surface area contributed by atoms with Gasteiger partial charge in [0.05, 0.1) is 6.33 Å². The molecule has 2 atom stereocenters. The van der Waals surface area contributed by atoms with Crippen molar-refractivity contribution in [1.29, 1.82) is 0 Å². The smallest absolute Gasteiger partial charge is 0.407 e. The summed E-state index contributed by atoms with van der Waals surface area (Å²) in [7, 11) is -0.851. The van der Waals surface area contributed by atoms with Crippen LogP contribution in [0.4, 0.5) is 4.79 Å². The molecule has 21 heavy (non-hydrogen) atoms. The van der Waals surface area contributed by atoms with Gasteiger partial charge in [0.15, 0.2) is 0 Å². The van der Waals surface area contributed by atoms with Gasteiger partial charge in [0.1, 0.15) is 5.60 Å². The van der Waals surface area contributed by atoms with Gasteiger partial charge in [0, 0.05) is 53.7 Å². The molecule has 0 aliphatic rings. The molecule has 0 spiro atoms. The van der Waals surface area contributed by atoms with Crippen LogP contribution in [0.2, 0.25) is 0 Å². The number of imidazole rings is 1. The number of ether oxygens (including phenoxy) is 1. The summed E-state index contributed by atoms with van der Waals surface area (Å²) >= 11 is 0. The molecular weight excluding hydrogens is 290 g/mol. The summed E-state index contributed by atoms with van der Waals surface area (Å²) in [5, 5.41) is 2.72. The monoisotopic (exact) mass is 315 g/mol. The highest BCUT2D eigenvalue weighted by atomic mass is 32.2. The van der Waals surface area contributed by atoms with Crippen molar-refractivity contribution in [3.63, 3.8) is 0 Å². The van der Waals surface area contributed by atoms with Crippen LogP contribution in [0.1, 0.15) is 39.4 Å². The Hall–Kier alpha value is -1.37. The van der Waals surface area contributed by atoms with Crippen molar-refractivity contribution in [3.8, 4) is 0 Å². The van der Waals surface area contributed by atoms with E-state index in [2.05, 4.69) is 10.3 Å². The Kier molecular flexibility index (Phi) is 6.39. The lowest BCUT2D eigenvalue weighted by Gasteiger charge is -2.20. The van der Waals surface area contributed by atoms with E-state index in [0.717, 1.165) is 5.69 Å². The van der Waals surface area contributed by atoms with Crippen molar-refractivity contribution in [3.05, 3.63) is 18.2 Å². The number of hydrogen-bond donors (Lipinski definition) is 1. The molecule has 0 bridgehead atoms. The van der Waals surface area contributed by atoms with Crippen molar-refractivity contribution >= 4 is 16.9 Å². The SMILES string of the molecule is CC(CS(C)=O)n1cncc1CCNC(=O)OC(C)(C)C. The summed E-state index contributed by atoms with van der Waals surface area (Å²) in [5.74, 6) is 0.586. The number of carbonyl (C=O) groups excluding carboxylic acids is 1. The summed E-state index contributed by atoms with van der Waals surface area (Å²) in [6.45, 7) is 7.97. The number of carbonyl (C=O) groups is 1. The van der Waals surface area contributed by atoms with Crippen LogP contribution in [-0.2, 0) is 22.0 Å². The fourth-order valence-electron chi connectivity index (χ4n) is 1.95. The first-order valence-electron chi connectivity index (χ1n) is 6.96. The number of amides is 1. The Balaban J connectivity index is 2.48. The number of hydrogen-bond acceptors (Lipinski definition) is 4. The minimum atomic E-state index is -0.851. The third kappa shape index (κ3) is 6.75. The van der Waals surface area contributed by atoms with Gasteiger partial charge in [-0.3, -0.25) is 4.21 Å². The van der Waals surface area contributed by atoms with E-state index in [1.165, 1.54) is 0 Å². The lowest BCUT2D eigenvalue weighted by molar-refractivity contribution is 0.0528. The van der Waals surface area contributed by atoms with Gasteiger partial charge in [-0.15, -0.1) is 0 Å². The van der Waals surface area contributed by atoms with Crippen LogP contribution >= 0.6 is 0 Å². The van der Waals surface area contributed by atoms with E-state index >= 15 is 0 Å². The molecule has 0 aliphatic heterocycles. The standard InChI is InChI=1S/C14H25N3O3S/c1-11(9-21(5)19)17-10-15-8-12(17)6-7-16-13(18)20-14(2,3)4/h8,10-11H,6-7,9H2,1-5H3,(H,16,18). The van der Waals surface area contributed by atoms with Crippen LogP contribution in [-0.4, -0.2) is 44.0 Å². The molecule has 0 radical (unpaired) electrons. The summed E-state index contributed by atoms with van der Waals surface area (Å²) < 4.78 is 18.5. The van der Waals surface area contributed by atoms with Crippen molar-refractivity contribution in [2.75, 3.05) is 18.6 Å². The number of rotatable bonds is 6. The highest BCUT2D eigenvalue weighted by Gasteiger charge is 2.16. The van der Waals surface area contributed by atoms with E-state index in [0.29, 0.717) is 18.7 Å². The Morgan fingerprint density at radius 3 is 2.76 bits per heavy atom. The molecule has 0 saturated carbocycles. The molecule has 1 aromatic rings. The molecule has 2 unspecified atom stereocenters. The molecule has 1 aromatic heterocycles. The minimum absolute atomic E-state index is 0.120. The molecule has 1 amide bonds. The van der Waals surface area contributed by atoms with Gasteiger partial charge in [-0.1, -0.05) is 0 Å². The first-order valence-corrected chi connectivity index (χ1v) is 8.69. The maximum Gasteiger partial charge on any atom is 0.407 e. The highest BCUT2D eigenvalue weighted by Crippen LogP contribution is 2.11. The van der Waals surface area contributed by atoms with Crippen molar-refractivity contribution in [1.82, 2.24) is 14.9 Å². The van der Waals surface area contributed by atoms with E-state index < -0.39 is 22.5 Å². The Bertz CT molecular complexity index is 494. The first kappa shape index (κ1) is 17.7.